The Morgan fingerprint density at radius 1 is 1.26 bits per heavy atom. The van der Waals surface area contributed by atoms with Crippen molar-refractivity contribution in [2.24, 2.45) is 0 Å². The summed E-state index contributed by atoms with van der Waals surface area (Å²) in [5.74, 6) is 0.802. The zero-order chi connectivity index (χ0) is 12.8. The molecule has 0 fully saturated rings. The van der Waals surface area contributed by atoms with Gasteiger partial charge in [0.05, 0.1) is 11.7 Å². The molecule has 0 saturated heterocycles. The first-order chi connectivity index (χ1) is 9.33. The first-order valence-corrected chi connectivity index (χ1v) is 6.28. The van der Waals surface area contributed by atoms with E-state index in [9.17, 15) is 5.11 Å². The minimum atomic E-state index is -0.611. The summed E-state index contributed by atoms with van der Waals surface area (Å²) in [6.45, 7) is 0.695. The number of aliphatic hydroxyl groups is 1. The van der Waals surface area contributed by atoms with Crippen LogP contribution in [0, 0.1) is 0 Å². The van der Waals surface area contributed by atoms with E-state index < -0.39 is 6.23 Å². The van der Waals surface area contributed by atoms with Crippen molar-refractivity contribution in [1.29, 1.82) is 0 Å². The lowest BCUT2D eigenvalue weighted by molar-refractivity contribution is 0.181. The molecule has 1 aliphatic heterocycles. The number of nitrogens with zero attached hydrogens (tertiary/aromatic N) is 2. The Kier molecular flexibility index (Phi) is 2.13. The Morgan fingerprint density at radius 3 is 3.05 bits per heavy atom. The number of nitrogens with one attached hydrogen (secondary N) is 1. The molecule has 1 unspecified atom stereocenters. The van der Waals surface area contributed by atoms with Gasteiger partial charge in [0.25, 0.3) is 0 Å². The summed E-state index contributed by atoms with van der Waals surface area (Å²) >= 11 is 0. The van der Waals surface area contributed by atoms with Gasteiger partial charge in [0.2, 0.25) is 0 Å². The maximum absolute atomic E-state index is 10.4. The molecule has 0 bridgehead atoms. The fraction of sp³-hybridized carbons (Fsp3) is 0.133. The lowest BCUT2D eigenvalue weighted by atomic mass is 10.1. The fourth-order valence-corrected chi connectivity index (χ4v) is 2.67. The van der Waals surface area contributed by atoms with Gasteiger partial charge in [-0.15, -0.1) is 0 Å². The topological polar surface area (TPSA) is 52.1 Å². The van der Waals surface area contributed by atoms with Crippen molar-refractivity contribution >= 4 is 16.7 Å². The average Bonchev–Trinajstić information content (AvgIpc) is 3.03. The third-order valence-electron chi connectivity index (χ3n) is 3.69. The number of rotatable bonds is 1. The monoisotopic (exact) mass is 251 g/mol. The van der Waals surface area contributed by atoms with Crippen LogP contribution in [0.1, 0.15) is 17.4 Å². The van der Waals surface area contributed by atoms with Crippen LogP contribution < -0.4 is 4.90 Å². The van der Waals surface area contributed by atoms with Crippen LogP contribution in [-0.4, -0.2) is 15.1 Å². The van der Waals surface area contributed by atoms with Crippen LogP contribution in [0.4, 0.5) is 5.82 Å². The summed E-state index contributed by atoms with van der Waals surface area (Å²) in [7, 11) is 0. The second kappa shape index (κ2) is 3.83. The Labute approximate surface area is 110 Å². The maximum atomic E-state index is 10.4. The minimum Gasteiger partial charge on any atom is -0.369 e. The van der Waals surface area contributed by atoms with E-state index in [1.165, 1.54) is 0 Å². The number of anilines is 1. The molecule has 2 aromatic heterocycles. The number of hydrogen-bond donors (Lipinski definition) is 2. The first kappa shape index (κ1) is 10.6. The van der Waals surface area contributed by atoms with Crippen LogP contribution in [0.15, 0.2) is 48.8 Å². The van der Waals surface area contributed by atoms with Crippen molar-refractivity contribution in [2.45, 2.75) is 12.8 Å². The highest BCUT2D eigenvalue weighted by Crippen LogP contribution is 2.35. The van der Waals surface area contributed by atoms with Gasteiger partial charge in [0.1, 0.15) is 5.82 Å². The van der Waals surface area contributed by atoms with E-state index in [0.29, 0.717) is 6.54 Å². The van der Waals surface area contributed by atoms with Crippen molar-refractivity contribution in [3.05, 3.63) is 59.9 Å². The molecule has 4 nitrogen and oxygen atoms in total. The second-order valence-corrected chi connectivity index (χ2v) is 4.81. The third-order valence-corrected chi connectivity index (χ3v) is 3.69. The molecule has 2 N–H and O–H groups in total. The van der Waals surface area contributed by atoms with Gasteiger partial charge in [0.15, 0.2) is 6.23 Å². The predicted octanol–water partition coefficient (Wildman–Crippen LogP) is 2.57. The summed E-state index contributed by atoms with van der Waals surface area (Å²) in [5.41, 5.74) is 3.14. The van der Waals surface area contributed by atoms with Gasteiger partial charge in [-0.05, 0) is 17.7 Å². The quantitative estimate of drug-likeness (QED) is 0.699. The molecule has 0 amide bonds. The van der Waals surface area contributed by atoms with E-state index in [0.717, 1.165) is 27.8 Å². The minimum absolute atomic E-state index is 0.611. The second-order valence-electron chi connectivity index (χ2n) is 4.81. The number of aromatic amines is 1. The Hall–Kier alpha value is -2.33. The lowest BCUT2D eigenvalue weighted by Gasteiger charge is -2.21. The summed E-state index contributed by atoms with van der Waals surface area (Å²) in [6, 6.07) is 12.0. The number of aromatic nitrogens is 2. The summed E-state index contributed by atoms with van der Waals surface area (Å²) in [4.78, 5) is 9.47. The van der Waals surface area contributed by atoms with Gasteiger partial charge in [-0.1, -0.05) is 24.3 Å². The highest BCUT2D eigenvalue weighted by molar-refractivity contribution is 5.81. The van der Waals surface area contributed by atoms with Crippen molar-refractivity contribution in [2.75, 3.05) is 4.90 Å². The average molecular weight is 251 g/mol. The van der Waals surface area contributed by atoms with E-state index >= 15 is 0 Å². The Balaban J connectivity index is 1.78. The maximum Gasteiger partial charge on any atom is 0.155 e. The van der Waals surface area contributed by atoms with Crippen LogP contribution in [0.5, 0.6) is 0 Å². The summed E-state index contributed by atoms with van der Waals surface area (Å²) in [5, 5.41) is 11.5. The summed E-state index contributed by atoms with van der Waals surface area (Å²) in [6.07, 6.45) is 3.09. The molecule has 1 aromatic carbocycles. The van der Waals surface area contributed by atoms with Gasteiger partial charge in [-0.3, -0.25) is 0 Å². The molecule has 1 aliphatic rings. The number of hydrogen-bond acceptors (Lipinski definition) is 3. The van der Waals surface area contributed by atoms with Gasteiger partial charge in [-0.2, -0.15) is 0 Å². The van der Waals surface area contributed by atoms with Crippen molar-refractivity contribution < 1.29 is 5.11 Å². The van der Waals surface area contributed by atoms with E-state index in [2.05, 4.69) is 9.97 Å². The highest BCUT2D eigenvalue weighted by Gasteiger charge is 2.28. The highest BCUT2D eigenvalue weighted by atomic mass is 16.3. The molecule has 0 aliphatic carbocycles. The Morgan fingerprint density at radius 2 is 2.16 bits per heavy atom. The number of pyridine rings is 1. The van der Waals surface area contributed by atoms with Gasteiger partial charge < -0.3 is 15.0 Å². The van der Waals surface area contributed by atoms with Crippen molar-refractivity contribution in [3.63, 3.8) is 0 Å². The van der Waals surface area contributed by atoms with Gasteiger partial charge in [-0.25, -0.2) is 4.98 Å². The number of H-pyrrole nitrogens is 1. The molecule has 3 heterocycles. The van der Waals surface area contributed by atoms with Crippen molar-refractivity contribution in [1.82, 2.24) is 9.97 Å². The number of fused-ring (bicyclic) bond motifs is 2. The normalized spacial score (nSPS) is 17.9. The third kappa shape index (κ3) is 1.54. The number of aliphatic hydroxyl groups excluding tert-OH is 1. The van der Waals surface area contributed by atoms with E-state index in [1.54, 1.807) is 6.20 Å². The van der Waals surface area contributed by atoms with Gasteiger partial charge in [0, 0.05) is 23.7 Å². The molecule has 94 valence electrons. The molecule has 4 heteroatoms. The zero-order valence-electron chi connectivity index (χ0n) is 10.2. The largest absolute Gasteiger partial charge is 0.369 e. The molecular weight excluding hydrogens is 238 g/mol. The molecule has 0 spiro atoms. The molecule has 4 rings (SSSR count). The SMILES string of the molecule is OC1c2ccccc2CN1c1cc2cc[nH]c2cn1. The van der Waals surface area contributed by atoms with Crippen LogP contribution >= 0.6 is 0 Å². The smallest absolute Gasteiger partial charge is 0.155 e. The molecular formula is C15H13N3O. The molecule has 3 aromatic rings. The van der Waals surface area contributed by atoms with E-state index in [1.807, 2.05) is 47.5 Å². The lowest BCUT2D eigenvalue weighted by Crippen LogP contribution is -2.21. The van der Waals surface area contributed by atoms with Crippen LogP contribution in [0.3, 0.4) is 0 Å². The molecule has 1 atom stereocenters. The Bertz CT molecular complexity index is 750. The molecule has 19 heavy (non-hydrogen) atoms. The van der Waals surface area contributed by atoms with Crippen molar-refractivity contribution in [3.8, 4) is 0 Å². The standard InChI is InChI=1S/C15H13N3O/c19-15-12-4-2-1-3-11(12)9-18(15)14-7-10-5-6-16-13(10)8-17-14/h1-8,15-16,19H,9H2. The fourth-order valence-electron chi connectivity index (χ4n) is 2.67. The predicted molar refractivity (Wildman–Crippen MR) is 73.7 cm³/mol. The zero-order valence-corrected chi connectivity index (χ0v) is 10.2. The van der Waals surface area contributed by atoms with E-state index in [-0.39, 0.29) is 0 Å². The van der Waals surface area contributed by atoms with E-state index in [4.69, 9.17) is 0 Å². The number of benzene rings is 1. The van der Waals surface area contributed by atoms with Gasteiger partial charge >= 0.3 is 0 Å². The van der Waals surface area contributed by atoms with Crippen LogP contribution in [0.2, 0.25) is 0 Å². The van der Waals surface area contributed by atoms with Crippen LogP contribution in [0.25, 0.3) is 10.9 Å². The van der Waals surface area contributed by atoms with Crippen LogP contribution in [-0.2, 0) is 6.54 Å². The first-order valence-electron chi connectivity index (χ1n) is 6.28. The molecule has 0 radical (unpaired) electrons. The summed E-state index contributed by atoms with van der Waals surface area (Å²) < 4.78 is 0. The molecule has 0 saturated carbocycles.